The molecule has 0 aliphatic rings. The number of hydrogen-bond donors (Lipinski definition) is 0. The maximum atomic E-state index is 5.77. The third kappa shape index (κ3) is 6.36. The third-order valence-electron chi connectivity index (χ3n) is 3.52. The highest BCUT2D eigenvalue weighted by Crippen LogP contribution is 2.09. The van der Waals surface area contributed by atoms with E-state index in [2.05, 4.69) is 43.7 Å². The lowest BCUT2D eigenvalue weighted by atomic mass is 9.64. The SMILES string of the molecule is COCCCCCCOc1ccc([B]c2ccccc2)cc1. The molecule has 0 fully saturated rings. The van der Waals surface area contributed by atoms with Gasteiger partial charge in [0.05, 0.1) is 6.61 Å². The maximum absolute atomic E-state index is 5.77. The van der Waals surface area contributed by atoms with Crippen LogP contribution in [0.4, 0.5) is 0 Å². The van der Waals surface area contributed by atoms with Gasteiger partial charge in [0.15, 0.2) is 7.28 Å². The van der Waals surface area contributed by atoms with Crippen LogP contribution in [0.3, 0.4) is 0 Å². The lowest BCUT2D eigenvalue weighted by Crippen LogP contribution is -2.26. The van der Waals surface area contributed by atoms with Crippen molar-refractivity contribution >= 4 is 18.2 Å². The van der Waals surface area contributed by atoms with E-state index in [0.29, 0.717) is 0 Å². The Kier molecular flexibility index (Phi) is 7.61. The monoisotopic (exact) mass is 295 g/mol. The number of unbranched alkanes of at least 4 members (excludes halogenated alkanes) is 3. The number of methoxy groups -OCH3 is 1. The fraction of sp³-hybridized carbons (Fsp3) is 0.368. The lowest BCUT2D eigenvalue weighted by molar-refractivity contribution is 0.191. The topological polar surface area (TPSA) is 18.5 Å². The van der Waals surface area contributed by atoms with Crippen molar-refractivity contribution in [3.63, 3.8) is 0 Å². The second kappa shape index (κ2) is 10.1. The summed E-state index contributed by atoms with van der Waals surface area (Å²) in [5.41, 5.74) is 2.41. The van der Waals surface area contributed by atoms with E-state index in [0.717, 1.165) is 31.8 Å². The van der Waals surface area contributed by atoms with Gasteiger partial charge in [0, 0.05) is 13.7 Å². The van der Waals surface area contributed by atoms with Crippen molar-refractivity contribution < 1.29 is 9.47 Å². The molecule has 0 aliphatic heterocycles. The van der Waals surface area contributed by atoms with Crippen molar-refractivity contribution in [3.8, 4) is 5.75 Å². The van der Waals surface area contributed by atoms with Crippen LogP contribution in [0, 0.1) is 0 Å². The Morgan fingerprint density at radius 3 is 2.05 bits per heavy atom. The molecule has 0 saturated heterocycles. The average molecular weight is 295 g/mol. The first-order valence-electron chi connectivity index (χ1n) is 8.00. The predicted molar refractivity (Wildman–Crippen MR) is 93.7 cm³/mol. The molecule has 2 aromatic rings. The Morgan fingerprint density at radius 1 is 0.727 bits per heavy atom. The summed E-state index contributed by atoms with van der Waals surface area (Å²) in [6, 6.07) is 18.6. The summed E-state index contributed by atoms with van der Waals surface area (Å²) in [4.78, 5) is 0. The lowest BCUT2D eigenvalue weighted by Gasteiger charge is -2.07. The highest BCUT2D eigenvalue weighted by molar-refractivity contribution is 6.67. The molecule has 0 unspecified atom stereocenters. The Balaban J connectivity index is 1.66. The Labute approximate surface area is 134 Å². The quantitative estimate of drug-likeness (QED) is 0.495. The summed E-state index contributed by atoms with van der Waals surface area (Å²) < 4.78 is 10.8. The van der Waals surface area contributed by atoms with E-state index in [1.807, 2.05) is 18.2 Å². The van der Waals surface area contributed by atoms with Gasteiger partial charge < -0.3 is 9.47 Å². The molecular formula is C19H24BO2. The Morgan fingerprint density at radius 2 is 1.36 bits per heavy atom. The minimum Gasteiger partial charge on any atom is -0.494 e. The first-order chi connectivity index (χ1) is 10.9. The highest BCUT2D eigenvalue weighted by atomic mass is 16.5. The summed E-state index contributed by atoms with van der Waals surface area (Å²) >= 11 is 0. The first-order valence-corrected chi connectivity index (χ1v) is 8.00. The normalized spacial score (nSPS) is 10.4. The third-order valence-corrected chi connectivity index (χ3v) is 3.52. The molecule has 0 heterocycles. The van der Waals surface area contributed by atoms with Gasteiger partial charge in [-0.05, 0) is 31.4 Å². The van der Waals surface area contributed by atoms with Gasteiger partial charge in [-0.15, -0.1) is 0 Å². The summed E-state index contributed by atoms with van der Waals surface area (Å²) in [6.07, 6.45) is 4.65. The van der Waals surface area contributed by atoms with Crippen molar-refractivity contribution in [1.29, 1.82) is 0 Å². The molecule has 0 aliphatic carbocycles. The fourth-order valence-electron chi connectivity index (χ4n) is 2.29. The standard InChI is InChI=1S/C19H24BO2/c1-21-15-7-2-3-8-16-22-19-13-11-18(12-14-19)20-17-9-5-4-6-10-17/h4-6,9-14H,2-3,7-8,15-16H2,1H3. The van der Waals surface area contributed by atoms with Crippen molar-refractivity contribution in [3.05, 3.63) is 54.6 Å². The molecule has 2 nitrogen and oxygen atoms in total. The van der Waals surface area contributed by atoms with Gasteiger partial charge in [-0.1, -0.05) is 59.8 Å². The summed E-state index contributed by atoms with van der Waals surface area (Å²) in [5, 5.41) is 0. The molecule has 0 spiro atoms. The van der Waals surface area contributed by atoms with Gasteiger partial charge in [0.25, 0.3) is 0 Å². The van der Waals surface area contributed by atoms with Crippen molar-refractivity contribution in [2.45, 2.75) is 25.7 Å². The molecule has 115 valence electrons. The molecule has 0 atom stereocenters. The number of hydrogen-bond acceptors (Lipinski definition) is 2. The van der Waals surface area contributed by atoms with Gasteiger partial charge in [-0.2, -0.15) is 0 Å². The van der Waals surface area contributed by atoms with E-state index in [1.165, 1.54) is 23.8 Å². The number of ether oxygens (including phenoxy) is 2. The Hall–Kier alpha value is -1.74. The van der Waals surface area contributed by atoms with Crippen LogP contribution in [0.1, 0.15) is 25.7 Å². The van der Waals surface area contributed by atoms with E-state index in [1.54, 1.807) is 7.11 Å². The Bertz CT molecular complexity index is 511. The first kappa shape index (κ1) is 16.6. The largest absolute Gasteiger partial charge is 0.494 e. The molecule has 3 heteroatoms. The van der Waals surface area contributed by atoms with Gasteiger partial charge in [0.2, 0.25) is 0 Å². The van der Waals surface area contributed by atoms with Crippen LogP contribution < -0.4 is 15.7 Å². The minimum absolute atomic E-state index is 0.786. The van der Waals surface area contributed by atoms with E-state index in [-0.39, 0.29) is 0 Å². The second-order valence-electron chi connectivity index (χ2n) is 5.38. The molecule has 0 aromatic heterocycles. The van der Waals surface area contributed by atoms with Crippen LogP contribution in [0.25, 0.3) is 0 Å². The van der Waals surface area contributed by atoms with Crippen molar-refractivity contribution in [2.75, 3.05) is 20.3 Å². The molecule has 2 aromatic carbocycles. The van der Waals surface area contributed by atoms with Gasteiger partial charge in [-0.3, -0.25) is 0 Å². The van der Waals surface area contributed by atoms with Crippen LogP contribution in [-0.2, 0) is 4.74 Å². The van der Waals surface area contributed by atoms with Crippen LogP contribution in [0.5, 0.6) is 5.75 Å². The van der Waals surface area contributed by atoms with Crippen LogP contribution in [0.2, 0.25) is 0 Å². The van der Waals surface area contributed by atoms with Crippen LogP contribution in [0.15, 0.2) is 54.6 Å². The van der Waals surface area contributed by atoms with Crippen molar-refractivity contribution in [2.24, 2.45) is 0 Å². The number of rotatable bonds is 10. The zero-order valence-electron chi connectivity index (χ0n) is 13.3. The number of benzene rings is 2. The average Bonchev–Trinajstić information content (AvgIpc) is 2.56. The zero-order chi connectivity index (χ0) is 15.5. The van der Waals surface area contributed by atoms with Gasteiger partial charge in [-0.25, -0.2) is 0 Å². The van der Waals surface area contributed by atoms with E-state index in [4.69, 9.17) is 9.47 Å². The molecule has 0 bridgehead atoms. The second-order valence-corrected chi connectivity index (χ2v) is 5.38. The summed E-state index contributed by atoms with van der Waals surface area (Å²) in [5.74, 6) is 0.946. The van der Waals surface area contributed by atoms with E-state index >= 15 is 0 Å². The smallest absolute Gasteiger partial charge is 0.191 e. The predicted octanol–water partition coefficient (Wildman–Crippen LogP) is 2.93. The molecule has 22 heavy (non-hydrogen) atoms. The van der Waals surface area contributed by atoms with Gasteiger partial charge in [0.1, 0.15) is 5.75 Å². The highest BCUT2D eigenvalue weighted by Gasteiger charge is 1.99. The van der Waals surface area contributed by atoms with Crippen LogP contribution in [-0.4, -0.2) is 27.6 Å². The molecule has 2 rings (SSSR count). The zero-order valence-corrected chi connectivity index (χ0v) is 13.3. The van der Waals surface area contributed by atoms with E-state index < -0.39 is 0 Å². The fourth-order valence-corrected chi connectivity index (χ4v) is 2.29. The molecule has 0 N–H and O–H groups in total. The van der Waals surface area contributed by atoms with E-state index in [9.17, 15) is 0 Å². The van der Waals surface area contributed by atoms with Crippen molar-refractivity contribution in [1.82, 2.24) is 0 Å². The minimum atomic E-state index is 0.786. The van der Waals surface area contributed by atoms with Gasteiger partial charge >= 0.3 is 0 Å². The molecule has 1 radical (unpaired) electrons. The molecular weight excluding hydrogens is 271 g/mol. The summed E-state index contributed by atoms with van der Waals surface area (Å²) in [7, 11) is 3.92. The van der Waals surface area contributed by atoms with Crippen LogP contribution >= 0.6 is 0 Å². The summed E-state index contributed by atoms with van der Waals surface area (Å²) in [6.45, 7) is 1.65. The molecule has 0 saturated carbocycles. The molecule has 0 amide bonds. The maximum Gasteiger partial charge on any atom is 0.191 e.